The van der Waals surface area contributed by atoms with E-state index in [9.17, 15) is 9.59 Å². The fourth-order valence-electron chi connectivity index (χ4n) is 3.64. The normalized spacial score (nSPS) is 11.0. The highest BCUT2D eigenvalue weighted by Gasteiger charge is 2.17. The van der Waals surface area contributed by atoms with Crippen LogP contribution in [-0.4, -0.2) is 28.1 Å². The maximum Gasteiger partial charge on any atom is 0.261 e. The van der Waals surface area contributed by atoms with Crippen LogP contribution in [0.1, 0.15) is 37.6 Å². The minimum Gasteiger partial charge on any atom is -0.342 e. The summed E-state index contributed by atoms with van der Waals surface area (Å²) in [5.74, 6) is -0.511. The van der Waals surface area contributed by atoms with Crippen molar-refractivity contribution in [3.63, 3.8) is 0 Å². The summed E-state index contributed by atoms with van der Waals surface area (Å²) in [5, 5.41) is 11.2. The highest BCUT2D eigenvalue weighted by Crippen LogP contribution is 2.29. The Morgan fingerprint density at radius 1 is 1.00 bits per heavy atom. The monoisotopic (exact) mass is 446 g/mol. The van der Waals surface area contributed by atoms with E-state index in [1.165, 1.54) is 16.9 Å². The molecule has 0 spiro atoms. The van der Waals surface area contributed by atoms with Crippen molar-refractivity contribution in [2.45, 2.75) is 34.2 Å². The van der Waals surface area contributed by atoms with Gasteiger partial charge in [-0.15, -0.1) is 11.3 Å². The highest BCUT2D eigenvalue weighted by atomic mass is 32.1. The van der Waals surface area contributed by atoms with Gasteiger partial charge in [0.25, 0.3) is 5.91 Å². The number of aromatic nitrogens is 2. The lowest BCUT2D eigenvalue weighted by Gasteiger charge is -2.11. The fraction of sp³-hybridized carbons (Fsp3) is 0.240. The van der Waals surface area contributed by atoms with Gasteiger partial charge in [0.05, 0.1) is 23.7 Å². The van der Waals surface area contributed by atoms with Crippen molar-refractivity contribution in [1.82, 2.24) is 15.1 Å². The topological polar surface area (TPSA) is 76.0 Å². The molecule has 2 N–H and O–H groups in total. The first-order chi connectivity index (χ1) is 15.3. The number of nitrogens with one attached hydrogen (secondary N) is 2. The van der Waals surface area contributed by atoms with Crippen LogP contribution in [0.15, 0.2) is 48.5 Å². The number of carbonyl (C=O) groups excluding carboxylic acids is 2. The Hall–Kier alpha value is -3.45. The number of nitrogens with zero attached hydrogens (tertiary/aromatic N) is 2. The van der Waals surface area contributed by atoms with E-state index in [4.69, 9.17) is 0 Å². The van der Waals surface area contributed by atoms with Gasteiger partial charge < -0.3 is 10.6 Å². The molecule has 0 fully saturated rings. The van der Waals surface area contributed by atoms with E-state index in [2.05, 4.69) is 46.9 Å². The van der Waals surface area contributed by atoms with E-state index in [1.807, 2.05) is 49.7 Å². The second-order valence-corrected chi connectivity index (χ2v) is 9.09. The predicted octanol–water partition coefficient (Wildman–Crippen LogP) is 4.75. The zero-order valence-electron chi connectivity index (χ0n) is 18.7. The maximum atomic E-state index is 12.7. The molecule has 32 heavy (non-hydrogen) atoms. The molecule has 2 aromatic carbocycles. The molecule has 4 rings (SSSR count). The van der Waals surface area contributed by atoms with Gasteiger partial charge in [0.2, 0.25) is 5.91 Å². The van der Waals surface area contributed by atoms with Crippen molar-refractivity contribution in [3.05, 3.63) is 81.4 Å². The third-order valence-corrected chi connectivity index (χ3v) is 6.59. The molecule has 4 aromatic rings. The number of benzene rings is 2. The Bertz CT molecular complexity index is 1280. The van der Waals surface area contributed by atoms with Crippen molar-refractivity contribution in [2.75, 3.05) is 11.9 Å². The summed E-state index contributed by atoms with van der Waals surface area (Å²) < 4.78 is 1.93. The third kappa shape index (κ3) is 4.57. The first-order valence-corrected chi connectivity index (χ1v) is 11.3. The molecule has 0 saturated carbocycles. The molecule has 7 heteroatoms. The number of amides is 2. The Kier molecular flexibility index (Phi) is 6.10. The van der Waals surface area contributed by atoms with Crippen LogP contribution in [0.5, 0.6) is 0 Å². The SMILES string of the molecule is Cc1ccc(Cn2nc(C)c3cc(C(=O)NCC(=O)Nc4c(C)cccc4C)sc32)cc1. The molecule has 0 bridgehead atoms. The molecule has 2 heterocycles. The van der Waals surface area contributed by atoms with Crippen LogP contribution in [0.25, 0.3) is 10.2 Å². The lowest BCUT2D eigenvalue weighted by atomic mass is 10.1. The Morgan fingerprint density at radius 3 is 2.38 bits per heavy atom. The molecule has 6 nitrogen and oxygen atoms in total. The number of hydrogen-bond donors (Lipinski definition) is 2. The average molecular weight is 447 g/mol. The summed E-state index contributed by atoms with van der Waals surface area (Å²) in [4.78, 5) is 26.6. The second-order valence-electron chi connectivity index (χ2n) is 8.06. The van der Waals surface area contributed by atoms with E-state index in [0.717, 1.165) is 38.3 Å². The summed E-state index contributed by atoms with van der Waals surface area (Å²) >= 11 is 1.39. The molecule has 0 aliphatic carbocycles. The van der Waals surface area contributed by atoms with Gasteiger partial charge in [-0.25, -0.2) is 0 Å². The maximum absolute atomic E-state index is 12.7. The molecule has 0 radical (unpaired) electrons. The molecular formula is C25H26N4O2S. The van der Waals surface area contributed by atoms with Crippen LogP contribution in [0.3, 0.4) is 0 Å². The summed E-state index contributed by atoms with van der Waals surface area (Å²) in [5.41, 5.74) is 6.02. The van der Waals surface area contributed by atoms with Crippen molar-refractivity contribution < 1.29 is 9.59 Å². The Labute approximate surface area is 191 Å². The lowest BCUT2D eigenvalue weighted by Crippen LogP contribution is -2.32. The van der Waals surface area contributed by atoms with Crippen LogP contribution >= 0.6 is 11.3 Å². The quantitative estimate of drug-likeness (QED) is 0.449. The van der Waals surface area contributed by atoms with Crippen molar-refractivity contribution in [2.24, 2.45) is 0 Å². The number of anilines is 1. The zero-order valence-corrected chi connectivity index (χ0v) is 19.5. The van der Waals surface area contributed by atoms with E-state index in [1.54, 1.807) is 0 Å². The van der Waals surface area contributed by atoms with Crippen LogP contribution in [0, 0.1) is 27.7 Å². The van der Waals surface area contributed by atoms with E-state index in [0.29, 0.717) is 11.4 Å². The van der Waals surface area contributed by atoms with Crippen molar-refractivity contribution in [1.29, 1.82) is 0 Å². The number of para-hydroxylation sites is 1. The largest absolute Gasteiger partial charge is 0.342 e. The highest BCUT2D eigenvalue weighted by molar-refractivity contribution is 7.20. The second kappa shape index (κ2) is 8.96. The minimum atomic E-state index is -0.260. The standard InChI is InChI=1S/C25H26N4O2S/c1-15-8-10-19(11-9-15)14-29-25-20(18(4)28-29)12-21(32-25)24(31)26-13-22(30)27-23-16(2)6-5-7-17(23)3/h5-12H,13-14H2,1-4H3,(H,26,31)(H,27,30). The van der Waals surface area contributed by atoms with Crippen LogP contribution in [0.2, 0.25) is 0 Å². The zero-order chi connectivity index (χ0) is 22.8. The molecule has 0 aliphatic rings. The Morgan fingerprint density at radius 2 is 1.69 bits per heavy atom. The third-order valence-electron chi connectivity index (χ3n) is 5.44. The van der Waals surface area contributed by atoms with Crippen LogP contribution < -0.4 is 10.6 Å². The van der Waals surface area contributed by atoms with Gasteiger partial charge >= 0.3 is 0 Å². The van der Waals surface area contributed by atoms with Crippen molar-refractivity contribution >= 4 is 39.1 Å². The van der Waals surface area contributed by atoms with Crippen molar-refractivity contribution in [3.8, 4) is 0 Å². The van der Waals surface area contributed by atoms with Gasteiger partial charge in [0, 0.05) is 11.1 Å². The van der Waals surface area contributed by atoms with E-state index < -0.39 is 0 Å². The molecular weight excluding hydrogens is 420 g/mol. The minimum absolute atomic E-state index is 0.0880. The fourth-order valence-corrected chi connectivity index (χ4v) is 4.72. The summed E-state index contributed by atoms with van der Waals surface area (Å²) in [6.07, 6.45) is 0. The number of aryl methyl sites for hydroxylation is 4. The van der Waals surface area contributed by atoms with E-state index >= 15 is 0 Å². The number of carbonyl (C=O) groups is 2. The van der Waals surface area contributed by atoms with Crippen LogP contribution in [-0.2, 0) is 11.3 Å². The first-order valence-electron chi connectivity index (χ1n) is 10.5. The van der Waals surface area contributed by atoms with Crippen LogP contribution in [0.4, 0.5) is 5.69 Å². The van der Waals surface area contributed by atoms with Gasteiger partial charge in [0.15, 0.2) is 0 Å². The smallest absolute Gasteiger partial charge is 0.261 e. The van der Waals surface area contributed by atoms with Gasteiger partial charge in [-0.05, 0) is 50.5 Å². The molecule has 164 valence electrons. The number of thiophene rings is 1. The van der Waals surface area contributed by atoms with Gasteiger partial charge in [-0.3, -0.25) is 14.3 Å². The molecule has 0 atom stereocenters. The van der Waals surface area contributed by atoms with Gasteiger partial charge in [-0.1, -0.05) is 48.0 Å². The molecule has 0 saturated heterocycles. The average Bonchev–Trinajstić information content (AvgIpc) is 3.32. The molecule has 2 aromatic heterocycles. The molecule has 0 unspecified atom stereocenters. The molecule has 2 amide bonds. The Balaban J connectivity index is 1.44. The first kappa shape index (κ1) is 21.8. The lowest BCUT2D eigenvalue weighted by molar-refractivity contribution is -0.115. The predicted molar refractivity (Wildman–Crippen MR) is 130 cm³/mol. The summed E-state index contributed by atoms with van der Waals surface area (Å²) in [7, 11) is 0. The number of fused-ring (bicyclic) bond motifs is 1. The molecule has 0 aliphatic heterocycles. The number of rotatable bonds is 6. The van der Waals surface area contributed by atoms with Gasteiger partial charge in [-0.2, -0.15) is 5.10 Å². The van der Waals surface area contributed by atoms with Gasteiger partial charge in [0.1, 0.15) is 4.83 Å². The van der Waals surface area contributed by atoms with E-state index in [-0.39, 0.29) is 18.4 Å². The summed E-state index contributed by atoms with van der Waals surface area (Å²) in [6.45, 7) is 8.45. The summed E-state index contributed by atoms with van der Waals surface area (Å²) in [6, 6.07) is 16.0. The number of hydrogen-bond acceptors (Lipinski definition) is 4.